The van der Waals surface area contributed by atoms with Crippen LogP contribution in [-0.4, -0.2) is 37.0 Å². The van der Waals surface area contributed by atoms with E-state index >= 15 is 0 Å². The number of guanidine groups is 1. The van der Waals surface area contributed by atoms with Gasteiger partial charge in [-0.3, -0.25) is 9.98 Å². The van der Waals surface area contributed by atoms with Gasteiger partial charge in [-0.15, -0.1) is 0 Å². The number of ether oxygens (including phenoxy) is 1. The zero-order valence-electron chi connectivity index (χ0n) is 14.2. The maximum atomic E-state index is 5.41. The van der Waals surface area contributed by atoms with E-state index in [0.717, 1.165) is 28.7 Å². The third kappa shape index (κ3) is 4.71. The third-order valence-corrected chi connectivity index (χ3v) is 3.55. The second-order valence-electron chi connectivity index (χ2n) is 5.34. The number of pyridine rings is 1. The van der Waals surface area contributed by atoms with Gasteiger partial charge in [0.05, 0.1) is 19.3 Å². The van der Waals surface area contributed by atoms with Crippen LogP contribution in [0.3, 0.4) is 0 Å². The zero-order valence-corrected chi connectivity index (χ0v) is 14.2. The first-order valence-electron chi connectivity index (χ1n) is 7.60. The first-order chi connectivity index (χ1) is 11.1. The molecule has 23 heavy (non-hydrogen) atoms. The lowest BCUT2D eigenvalue weighted by Crippen LogP contribution is -2.38. The van der Waals surface area contributed by atoms with Crippen molar-refractivity contribution < 1.29 is 4.74 Å². The van der Waals surface area contributed by atoms with Crippen LogP contribution in [0.4, 0.5) is 0 Å². The number of aliphatic imine (C=N–C) groups is 1. The maximum absolute atomic E-state index is 5.41. The Hall–Kier alpha value is -2.56. The summed E-state index contributed by atoms with van der Waals surface area (Å²) in [5, 5.41) is 3.34. The van der Waals surface area contributed by atoms with Crippen LogP contribution in [0, 0.1) is 6.92 Å². The molecule has 0 atom stereocenters. The Morgan fingerprint density at radius 2 is 2.00 bits per heavy atom. The molecule has 2 aromatic rings. The molecule has 2 rings (SSSR count). The molecule has 122 valence electrons. The predicted octanol–water partition coefficient (Wildman–Crippen LogP) is 2.61. The van der Waals surface area contributed by atoms with Crippen molar-refractivity contribution in [1.82, 2.24) is 15.2 Å². The Kier molecular flexibility index (Phi) is 5.97. The van der Waals surface area contributed by atoms with Crippen LogP contribution in [0.5, 0.6) is 5.75 Å². The summed E-state index contributed by atoms with van der Waals surface area (Å²) < 4.78 is 5.41. The molecular weight excluding hydrogens is 288 g/mol. The minimum Gasteiger partial charge on any atom is -0.496 e. The smallest absolute Gasteiger partial charge is 0.194 e. The predicted molar refractivity (Wildman–Crippen MR) is 93.6 cm³/mol. The molecule has 0 fully saturated rings. The number of nitrogens with zero attached hydrogens (tertiary/aromatic N) is 3. The summed E-state index contributed by atoms with van der Waals surface area (Å²) in [4.78, 5) is 10.9. The Labute approximate surface area is 138 Å². The van der Waals surface area contributed by atoms with Gasteiger partial charge in [-0.25, -0.2) is 0 Å². The molecule has 0 aliphatic carbocycles. The van der Waals surface area contributed by atoms with Crippen LogP contribution in [-0.2, 0) is 13.1 Å². The summed E-state index contributed by atoms with van der Waals surface area (Å²) >= 11 is 0. The van der Waals surface area contributed by atoms with Crippen molar-refractivity contribution in [2.45, 2.75) is 20.0 Å². The standard InChI is InChI=1S/C18H24N4O/c1-14-8-7-10-16(21-14)12-20-18(19-2)22(3)13-15-9-5-6-11-17(15)23-4/h5-11H,12-13H2,1-4H3,(H,19,20). The van der Waals surface area contributed by atoms with E-state index in [9.17, 15) is 0 Å². The van der Waals surface area contributed by atoms with E-state index in [1.807, 2.05) is 50.4 Å². The molecule has 1 N–H and O–H groups in total. The normalized spacial score (nSPS) is 11.2. The maximum Gasteiger partial charge on any atom is 0.194 e. The largest absolute Gasteiger partial charge is 0.496 e. The quantitative estimate of drug-likeness (QED) is 0.681. The van der Waals surface area contributed by atoms with Gasteiger partial charge >= 0.3 is 0 Å². The zero-order chi connectivity index (χ0) is 16.7. The number of aryl methyl sites for hydroxylation is 1. The molecule has 1 aromatic carbocycles. The molecule has 5 heteroatoms. The summed E-state index contributed by atoms with van der Waals surface area (Å²) in [7, 11) is 5.48. The Bertz CT molecular complexity index is 670. The number of aromatic nitrogens is 1. The highest BCUT2D eigenvalue weighted by molar-refractivity contribution is 5.79. The topological polar surface area (TPSA) is 49.8 Å². The van der Waals surface area contributed by atoms with Gasteiger partial charge in [0.25, 0.3) is 0 Å². The number of methoxy groups -OCH3 is 1. The van der Waals surface area contributed by atoms with E-state index < -0.39 is 0 Å². The fourth-order valence-electron chi connectivity index (χ4n) is 2.42. The van der Waals surface area contributed by atoms with Gasteiger partial charge in [0, 0.05) is 31.9 Å². The van der Waals surface area contributed by atoms with Gasteiger partial charge in [0.2, 0.25) is 0 Å². The van der Waals surface area contributed by atoms with Crippen molar-refractivity contribution >= 4 is 5.96 Å². The molecule has 0 spiro atoms. The van der Waals surface area contributed by atoms with E-state index in [1.54, 1.807) is 14.2 Å². The summed E-state index contributed by atoms with van der Waals surface area (Å²) in [6.45, 7) is 3.35. The average molecular weight is 312 g/mol. The van der Waals surface area contributed by atoms with Crippen LogP contribution < -0.4 is 10.1 Å². The lowest BCUT2D eigenvalue weighted by Gasteiger charge is -2.23. The van der Waals surface area contributed by atoms with E-state index in [1.165, 1.54) is 0 Å². The van der Waals surface area contributed by atoms with Gasteiger partial charge in [-0.2, -0.15) is 0 Å². The summed E-state index contributed by atoms with van der Waals surface area (Å²) in [5.41, 5.74) is 3.13. The highest BCUT2D eigenvalue weighted by Gasteiger charge is 2.10. The van der Waals surface area contributed by atoms with Crippen molar-refractivity contribution in [3.05, 3.63) is 59.4 Å². The molecule has 0 aliphatic rings. The van der Waals surface area contributed by atoms with Gasteiger partial charge in [0.1, 0.15) is 5.75 Å². The van der Waals surface area contributed by atoms with E-state index in [4.69, 9.17) is 4.74 Å². The van der Waals surface area contributed by atoms with Crippen LogP contribution in [0.1, 0.15) is 17.0 Å². The highest BCUT2D eigenvalue weighted by atomic mass is 16.5. The van der Waals surface area contributed by atoms with Gasteiger partial charge in [-0.05, 0) is 25.1 Å². The van der Waals surface area contributed by atoms with Crippen molar-refractivity contribution in [3.8, 4) is 5.75 Å². The minimum atomic E-state index is 0.643. The van der Waals surface area contributed by atoms with E-state index in [2.05, 4.69) is 26.3 Å². The molecule has 0 amide bonds. The van der Waals surface area contributed by atoms with Crippen molar-refractivity contribution in [2.24, 2.45) is 4.99 Å². The lowest BCUT2D eigenvalue weighted by atomic mass is 10.2. The fraction of sp³-hybridized carbons (Fsp3) is 0.333. The van der Waals surface area contributed by atoms with Gasteiger partial charge in [0.15, 0.2) is 5.96 Å². The Morgan fingerprint density at radius 1 is 1.22 bits per heavy atom. The number of rotatable bonds is 5. The Morgan fingerprint density at radius 3 is 2.70 bits per heavy atom. The van der Waals surface area contributed by atoms with Crippen LogP contribution in [0.15, 0.2) is 47.5 Å². The van der Waals surface area contributed by atoms with Crippen LogP contribution in [0.2, 0.25) is 0 Å². The van der Waals surface area contributed by atoms with E-state index in [-0.39, 0.29) is 0 Å². The fourth-order valence-corrected chi connectivity index (χ4v) is 2.42. The van der Waals surface area contributed by atoms with Gasteiger partial charge < -0.3 is 15.0 Å². The molecule has 0 bridgehead atoms. The van der Waals surface area contributed by atoms with Crippen molar-refractivity contribution in [1.29, 1.82) is 0 Å². The molecular formula is C18H24N4O. The van der Waals surface area contributed by atoms with Crippen LogP contribution >= 0.6 is 0 Å². The molecule has 0 saturated carbocycles. The molecule has 5 nitrogen and oxygen atoms in total. The third-order valence-electron chi connectivity index (χ3n) is 3.55. The molecule has 1 heterocycles. The number of benzene rings is 1. The first-order valence-corrected chi connectivity index (χ1v) is 7.60. The summed E-state index contributed by atoms with van der Waals surface area (Å²) in [5.74, 6) is 1.70. The molecule has 0 unspecified atom stereocenters. The molecule has 1 aromatic heterocycles. The van der Waals surface area contributed by atoms with Crippen LogP contribution in [0.25, 0.3) is 0 Å². The van der Waals surface area contributed by atoms with E-state index in [0.29, 0.717) is 13.1 Å². The summed E-state index contributed by atoms with van der Waals surface area (Å²) in [6.07, 6.45) is 0. The Balaban J connectivity index is 2.00. The second kappa shape index (κ2) is 8.17. The second-order valence-corrected chi connectivity index (χ2v) is 5.34. The SMILES string of the molecule is CN=C(NCc1cccc(C)n1)N(C)Cc1ccccc1OC. The molecule has 0 saturated heterocycles. The monoisotopic (exact) mass is 312 g/mol. The first kappa shape index (κ1) is 16.8. The minimum absolute atomic E-state index is 0.643. The number of hydrogen-bond donors (Lipinski definition) is 1. The molecule has 0 radical (unpaired) electrons. The number of nitrogens with one attached hydrogen (secondary N) is 1. The lowest BCUT2D eigenvalue weighted by molar-refractivity contribution is 0.396. The molecule has 0 aliphatic heterocycles. The summed E-state index contributed by atoms with van der Waals surface area (Å²) in [6, 6.07) is 14.0. The number of hydrogen-bond acceptors (Lipinski definition) is 3. The highest BCUT2D eigenvalue weighted by Crippen LogP contribution is 2.18. The van der Waals surface area contributed by atoms with Gasteiger partial charge in [-0.1, -0.05) is 24.3 Å². The van der Waals surface area contributed by atoms with Crippen molar-refractivity contribution in [2.75, 3.05) is 21.2 Å². The van der Waals surface area contributed by atoms with Crippen molar-refractivity contribution in [3.63, 3.8) is 0 Å². The number of para-hydroxylation sites is 1. The average Bonchev–Trinajstić information content (AvgIpc) is 2.56.